The number of hydrogen-bond donors (Lipinski definition) is 1. The van der Waals surface area contributed by atoms with Crippen LogP contribution in [0.1, 0.15) is 88.1 Å². The number of hydrogen-bond acceptors (Lipinski definition) is 6. The lowest BCUT2D eigenvalue weighted by molar-refractivity contribution is -0.162. The van der Waals surface area contributed by atoms with Crippen molar-refractivity contribution in [2.24, 2.45) is 5.92 Å². The third-order valence-corrected chi connectivity index (χ3v) is 10.00. The van der Waals surface area contributed by atoms with Gasteiger partial charge in [-0.15, -0.1) is 0 Å². The second kappa shape index (κ2) is 12.1. The summed E-state index contributed by atoms with van der Waals surface area (Å²) in [5.74, 6) is 1.47. The van der Waals surface area contributed by atoms with Gasteiger partial charge in [-0.05, 0) is 57.6 Å². The van der Waals surface area contributed by atoms with Crippen molar-refractivity contribution >= 4 is 22.8 Å². The number of benzene rings is 1. The number of aryl methyl sites for hydroxylation is 1. The molecule has 1 N–H and O–H groups in total. The monoisotopic (exact) mass is 571 g/mol. The lowest BCUT2D eigenvalue weighted by Gasteiger charge is -2.52. The molecule has 3 aromatic rings. The van der Waals surface area contributed by atoms with Gasteiger partial charge in [-0.3, -0.25) is 19.5 Å². The maximum Gasteiger partial charge on any atom is 0.246 e. The molecule has 1 atom stereocenters. The van der Waals surface area contributed by atoms with Crippen LogP contribution >= 0.6 is 0 Å². The van der Waals surface area contributed by atoms with Gasteiger partial charge in [0.05, 0.1) is 22.9 Å². The van der Waals surface area contributed by atoms with E-state index in [1.165, 1.54) is 37.7 Å². The van der Waals surface area contributed by atoms with Gasteiger partial charge in [0.2, 0.25) is 11.8 Å². The third-order valence-electron chi connectivity index (χ3n) is 10.00. The Hall–Kier alpha value is -3.33. The average molecular weight is 572 g/mol. The van der Waals surface area contributed by atoms with Gasteiger partial charge >= 0.3 is 0 Å². The molecule has 2 amide bonds. The third kappa shape index (κ3) is 5.43. The van der Waals surface area contributed by atoms with Crippen LogP contribution < -0.4 is 5.32 Å². The SMILES string of the molecule is CCCCN1C(=O)[C@H](CC2CCCCC2)NC(=O)C12CCN(Cc1c(C)nn(-c3cnc4ccccc4n3)c1C)CC2. The predicted octanol–water partition coefficient (Wildman–Crippen LogP) is 4.86. The van der Waals surface area contributed by atoms with E-state index in [0.717, 1.165) is 61.3 Å². The highest BCUT2D eigenvalue weighted by Crippen LogP contribution is 2.36. The highest BCUT2D eigenvalue weighted by atomic mass is 16.2. The second-order valence-corrected chi connectivity index (χ2v) is 12.7. The average Bonchev–Trinajstić information content (AvgIpc) is 3.29. The topological polar surface area (TPSA) is 96.2 Å². The molecular formula is C33H45N7O2. The number of nitrogens with zero attached hydrogens (tertiary/aromatic N) is 6. The molecule has 3 fully saturated rings. The lowest BCUT2D eigenvalue weighted by Crippen LogP contribution is -2.73. The van der Waals surface area contributed by atoms with Gasteiger partial charge in [-0.1, -0.05) is 57.6 Å². The van der Waals surface area contributed by atoms with E-state index in [2.05, 4.69) is 29.0 Å². The van der Waals surface area contributed by atoms with Crippen LogP contribution in [-0.4, -0.2) is 72.6 Å². The predicted molar refractivity (Wildman–Crippen MR) is 163 cm³/mol. The number of piperidine rings is 1. The number of aromatic nitrogens is 4. The first kappa shape index (κ1) is 28.8. The maximum absolute atomic E-state index is 13.9. The molecule has 4 heterocycles. The van der Waals surface area contributed by atoms with E-state index in [4.69, 9.17) is 10.1 Å². The number of nitrogens with one attached hydrogen (secondary N) is 1. The molecule has 3 aliphatic rings. The minimum absolute atomic E-state index is 0.0636. The van der Waals surface area contributed by atoms with Crippen molar-refractivity contribution in [3.05, 3.63) is 47.4 Å². The summed E-state index contributed by atoms with van der Waals surface area (Å²) in [6.07, 6.45) is 12.0. The highest BCUT2D eigenvalue weighted by molar-refractivity contribution is 6.00. The zero-order chi connectivity index (χ0) is 29.3. The summed E-state index contributed by atoms with van der Waals surface area (Å²) in [4.78, 5) is 41.5. The molecule has 9 nitrogen and oxygen atoms in total. The largest absolute Gasteiger partial charge is 0.342 e. The van der Waals surface area contributed by atoms with E-state index >= 15 is 0 Å². The van der Waals surface area contributed by atoms with Gasteiger partial charge in [0.1, 0.15) is 11.6 Å². The van der Waals surface area contributed by atoms with Crippen LogP contribution in [0.3, 0.4) is 0 Å². The summed E-state index contributed by atoms with van der Waals surface area (Å²) in [6, 6.07) is 7.50. The Labute approximate surface area is 249 Å². The van der Waals surface area contributed by atoms with Gasteiger partial charge in [-0.25, -0.2) is 9.67 Å². The number of carbonyl (C=O) groups excluding carboxylic acids is 2. The van der Waals surface area contributed by atoms with Crippen LogP contribution in [0.4, 0.5) is 0 Å². The molecule has 1 aliphatic carbocycles. The Morgan fingerprint density at radius 3 is 2.50 bits per heavy atom. The Morgan fingerprint density at radius 1 is 1.02 bits per heavy atom. The van der Waals surface area contributed by atoms with Gasteiger partial charge in [0, 0.05) is 37.4 Å². The standard InChI is InChI=1S/C33H45N7O2/c1-4-5-17-39-31(41)29(20-25-11-7-6-8-12-25)36-32(42)33(39)15-18-38(19-16-33)22-26-23(2)37-40(24(26)3)30-21-34-27-13-9-10-14-28(27)35-30/h9-10,13-14,21,25,29H,4-8,11-12,15-20,22H2,1-3H3,(H,36,42)/t29-/m0/s1. The van der Waals surface area contributed by atoms with Crippen LogP contribution in [0.25, 0.3) is 16.9 Å². The van der Waals surface area contributed by atoms with Crippen molar-refractivity contribution in [1.29, 1.82) is 0 Å². The van der Waals surface area contributed by atoms with Gasteiger partial charge in [0.25, 0.3) is 0 Å². The molecule has 2 saturated heterocycles. The van der Waals surface area contributed by atoms with Crippen molar-refractivity contribution in [3.8, 4) is 5.82 Å². The van der Waals surface area contributed by atoms with Crippen LogP contribution in [0, 0.1) is 19.8 Å². The first-order valence-electron chi connectivity index (χ1n) is 16.0. The normalized spacial score (nSPS) is 21.8. The van der Waals surface area contributed by atoms with Gasteiger partial charge < -0.3 is 10.2 Å². The van der Waals surface area contributed by atoms with Crippen molar-refractivity contribution in [3.63, 3.8) is 0 Å². The molecule has 6 rings (SSSR count). The smallest absolute Gasteiger partial charge is 0.246 e. The fraction of sp³-hybridized carbons (Fsp3) is 0.606. The molecule has 2 aromatic heterocycles. The number of piperazine rings is 1. The summed E-state index contributed by atoms with van der Waals surface area (Å²) in [6.45, 7) is 9.23. The quantitative estimate of drug-likeness (QED) is 0.415. The minimum Gasteiger partial charge on any atom is -0.342 e. The molecule has 0 radical (unpaired) electrons. The first-order valence-corrected chi connectivity index (χ1v) is 16.0. The molecule has 0 bridgehead atoms. The van der Waals surface area contributed by atoms with Crippen LogP contribution in [0.2, 0.25) is 0 Å². The molecule has 2 aliphatic heterocycles. The van der Waals surface area contributed by atoms with E-state index in [1.54, 1.807) is 6.20 Å². The van der Waals surface area contributed by atoms with E-state index < -0.39 is 5.54 Å². The Balaban J connectivity index is 1.16. The molecular weight excluding hydrogens is 526 g/mol. The Kier molecular flexibility index (Phi) is 8.30. The fourth-order valence-corrected chi connectivity index (χ4v) is 7.41. The summed E-state index contributed by atoms with van der Waals surface area (Å²) >= 11 is 0. The molecule has 224 valence electrons. The number of rotatable bonds is 8. The Morgan fingerprint density at radius 2 is 1.76 bits per heavy atom. The number of para-hydroxylation sites is 2. The minimum atomic E-state index is -0.735. The molecule has 1 aromatic carbocycles. The zero-order valence-corrected chi connectivity index (χ0v) is 25.4. The highest BCUT2D eigenvalue weighted by Gasteiger charge is 2.53. The van der Waals surface area contributed by atoms with Crippen LogP contribution in [0.5, 0.6) is 0 Å². The van der Waals surface area contributed by atoms with E-state index in [1.807, 2.05) is 40.8 Å². The van der Waals surface area contributed by atoms with E-state index in [9.17, 15) is 9.59 Å². The van der Waals surface area contributed by atoms with Gasteiger partial charge in [-0.2, -0.15) is 5.10 Å². The number of carbonyl (C=O) groups is 2. The summed E-state index contributed by atoms with van der Waals surface area (Å²) in [5.41, 5.74) is 4.19. The van der Waals surface area contributed by atoms with Crippen LogP contribution in [0.15, 0.2) is 30.5 Å². The Bertz CT molecular complexity index is 1440. The molecule has 1 saturated carbocycles. The second-order valence-electron chi connectivity index (χ2n) is 12.7. The van der Waals surface area contributed by atoms with E-state index in [0.29, 0.717) is 31.1 Å². The van der Waals surface area contributed by atoms with Crippen LogP contribution in [-0.2, 0) is 16.1 Å². The number of fused-ring (bicyclic) bond motifs is 1. The summed E-state index contributed by atoms with van der Waals surface area (Å²) in [7, 11) is 0. The number of amides is 2. The molecule has 42 heavy (non-hydrogen) atoms. The zero-order valence-electron chi connectivity index (χ0n) is 25.4. The van der Waals surface area contributed by atoms with Crippen molar-refractivity contribution in [2.75, 3.05) is 19.6 Å². The first-order chi connectivity index (χ1) is 20.4. The lowest BCUT2D eigenvalue weighted by atomic mass is 9.79. The maximum atomic E-state index is 13.9. The van der Waals surface area contributed by atoms with Crippen molar-refractivity contribution in [1.82, 2.24) is 34.9 Å². The number of unbranched alkanes of at least 4 members (excludes halogenated alkanes) is 1. The summed E-state index contributed by atoms with van der Waals surface area (Å²) in [5, 5.41) is 8.05. The number of likely N-dealkylation sites (tertiary alicyclic amines) is 1. The molecule has 0 unspecified atom stereocenters. The molecule has 9 heteroatoms. The van der Waals surface area contributed by atoms with Crippen molar-refractivity contribution in [2.45, 2.75) is 103 Å². The van der Waals surface area contributed by atoms with E-state index in [-0.39, 0.29) is 17.9 Å². The van der Waals surface area contributed by atoms with Gasteiger partial charge in [0.15, 0.2) is 5.82 Å². The molecule has 1 spiro atoms. The fourth-order valence-electron chi connectivity index (χ4n) is 7.41. The summed E-state index contributed by atoms with van der Waals surface area (Å²) < 4.78 is 1.89. The van der Waals surface area contributed by atoms with Crippen molar-refractivity contribution < 1.29 is 9.59 Å².